The summed E-state index contributed by atoms with van der Waals surface area (Å²) in [7, 11) is 2.45. The van der Waals surface area contributed by atoms with Gasteiger partial charge in [-0.2, -0.15) is 0 Å². The minimum Gasteiger partial charge on any atom is -0.311 e. The zero-order valence-corrected chi connectivity index (χ0v) is 12.5. The van der Waals surface area contributed by atoms with Crippen LogP contribution in [0.3, 0.4) is 0 Å². The predicted octanol–water partition coefficient (Wildman–Crippen LogP) is 3.31. The van der Waals surface area contributed by atoms with Crippen molar-refractivity contribution in [1.82, 2.24) is 10.2 Å². The van der Waals surface area contributed by atoms with Gasteiger partial charge in [0.1, 0.15) is 0 Å². The summed E-state index contributed by atoms with van der Waals surface area (Å²) in [5, 5.41) is 3.79. The number of fused-ring (bicyclic) bond motifs is 2. The van der Waals surface area contributed by atoms with E-state index in [1.165, 1.54) is 70.6 Å². The van der Waals surface area contributed by atoms with Crippen LogP contribution >= 0.6 is 0 Å². The lowest BCUT2D eigenvalue weighted by Crippen LogP contribution is -2.59. The van der Waals surface area contributed by atoms with Gasteiger partial charge in [-0.1, -0.05) is 19.3 Å². The van der Waals surface area contributed by atoms with Crippen LogP contribution in [-0.2, 0) is 0 Å². The summed E-state index contributed by atoms with van der Waals surface area (Å²) in [5.41, 5.74) is 0.747. The van der Waals surface area contributed by atoms with Crippen molar-refractivity contribution in [3.05, 3.63) is 0 Å². The molecule has 3 unspecified atom stereocenters. The van der Waals surface area contributed by atoms with Crippen LogP contribution in [0.2, 0.25) is 0 Å². The van der Waals surface area contributed by atoms with Crippen LogP contribution in [0, 0.1) is 5.41 Å². The molecular formula is C17H30N2. The maximum absolute atomic E-state index is 3.79. The fourth-order valence-corrected chi connectivity index (χ4v) is 5.77. The van der Waals surface area contributed by atoms with Crippen molar-refractivity contribution in [2.75, 3.05) is 7.05 Å². The smallest absolute Gasteiger partial charge is 0.0152 e. The van der Waals surface area contributed by atoms with E-state index in [0.717, 1.165) is 29.6 Å². The second-order valence-corrected chi connectivity index (χ2v) is 7.91. The topological polar surface area (TPSA) is 15.3 Å². The van der Waals surface area contributed by atoms with Gasteiger partial charge in [-0.3, -0.25) is 4.90 Å². The normalized spacial score (nSPS) is 44.5. The van der Waals surface area contributed by atoms with Gasteiger partial charge in [0.05, 0.1) is 0 Å². The summed E-state index contributed by atoms with van der Waals surface area (Å²) in [6.07, 6.45) is 16.3. The standard InChI is InChI=1S/C17H30N2/c1-19(15-11-13-5-6-14(12-15)18-13)16-7-10-17(16)8-3-2-4-9-17/h13-16,18H,2-12H2,1H3. The van der Waals surface area contributed by atoms with E-state index < -0.39 is 0 Å². The van der Waals surface area contributed by atoms with E-state index in [2.05, 4.69) is 17.3 Å². The molecule has 1 N–H and O–H groups in total. The molecule has 2 heterocycles. The molecule has 0 amide bonds. The third kappa shape index (κ3) is 2.06. The monoisotopic (exact) mass is 262 g/mol. The van der Waals surface area contributed by atoms with E-state index in [-0.39, 0.29) is 0 Å². The van der Waals surface area contributed by atoms with Crippen molar-refractivity contribution >= 4 is 0 Å². The predicted molar refractivity (Wildman–Crippen MR) is 79.3 cm³/mol. The van der Waals surface area contributed by atoms with Crippen LogP contribution in [0.4, 0.5) is 0 Å². The Morgan fingerprint density at radius 2 is 1.58 bits per heavy atom. The second kappa shape index (κ2) is 4.73. The van der Waals surface area contributed by atoms with Crippen molar-refractivity contribution in [1.29, 1.82) is 0 Å². The Kier molecular flexibility index (Phi) is 3.15. The summed E-state index contributed by atoms with van der Waals surface area (Å²) in [5.74, 6) is 0. The van der Waals surface area contributed by atoms with Crippen LogP contribution in [0.15, 0.2) is 0 Å². The number of piperidine rings is 1. The van der Waals surface area contributed by atoms with Gasteiger partial charge in [0.2, 0.25) is 0 Å². The minimum atomic E-state index is 0.747. The van der Waals surface area contributed by atoms with Crippen molar-refractivity contribution in [3.63, 3.8) is 0 Å². The first-order chi connectivity index (χ1) is 9.27. The van der Waals surface area contributed by atoms with Gasteiger partial charge in [-0.25, -0.2) is 0 Å². The van der Waals surface area contributed by atoms with Crippen molar-refractivity contribution < 1.29 is 0 Å². The lowest BCUT2D eigenvalue weighted by atomic mass is 9.56. The highest BCUT2D eigenvalue weighted by Crippen LogP contribution is 2.54. The van der Waals surface area contributed by atoms with E-state index >= 15 is 0 Å². The highest BCUT2D eigenvalue weighted by atomic mass is 15.2. The first kappa shape index (κ1) is 12.6. The first-order valence-electron chi connectivity index (χ1n) is 8.75. The second-order valence-electron chi connectivity index (χ2n) is 7.91. The molecule has 2 bridgehead atoms. The fraction of sp³-hybridized carbons (Fsp3) is 1.00. The quantitative estimate of drug-likeness (QED) is 0.821. The summed E-state index contributed by atoms with van der Waals surface area (Å²) < 4.78 is 0. The van der Waals surface area contributed by atoms with Crippen molar-refractivity contribution in [2.24, 2.45) is 5.41 Å². The van der Waals surface area contributed by atoms with Gasteiger partial charge in [0.15, 0.2) is 0 Å². The molecule has 2 heteroatoms. The molecule has 2 saturated heterocycles. The fourth-order valence-electron chi connectivity index (χ4n) is 5.77. The van der Waals surface area contributed by atoms with Gasteiger partial charge in [0, 0.05) is 24.2 Å². The molecule has 2 saturated carbocycles. The molecular weight excluding hydrogens is 232 g/mol. The Morgan fingerprint density at radius 3 is 2.16 bits per heavy atom. The number of hydrogen-bond donors (Lipinski definition) is 1. The van der Waals surface area contributed by atoms with Crippen LogP contribution in [-0.4, -0.2) is 36.1 Å². The highest BCUT2D eigenvalue weighted by Gasteiger charge is 2.50. The number of nitrogens with zero attached hydrogens (tertiary/aromatic N) is 1. The SMILES string of the molecule is CN(C1CC2CCC(C1)N2)C1CCC12CCCCC2. The van der Waals surface area contributed by atoms with Crippen LogP contribution in [0.1, 0.15) is 70.6 Å². The molecule has 0 aromatic carbocycles. The average Bonchev–Trinajstić information content (AvgIpc) is 2.77. The third-order valence-corrected chi connectivity index (χ3v) is 6.99. The average molecular weight is 262 g/mol. The van der Waals surface area contributed by atoms with E-state index in [0.29, 0.717) is 0 Å². The van der Waals surface area contributed by atoms with Crippen LogP contribution in [0.25, 0.3) is 0 Å². The maximum atomic E-state index is 3.79. The number of nitrogens with one attached hydrogen (secondary N) is 1. The Balaban J connectivity index is 1.44. The first-order valence-corrected chi connectivity index (χ1v) is 8.75. The summed E-state index contributed by atoms with van der Waals surface area (Å²) in [6.45, 7) is 0. The Morgan fingerprint density at radius 1 is 0.895 bits per heavy atom. The van der Waals surface area contributed by atoms with Gasteiger partial charge in [-0.15, -0.1) is 0 Å². The largest absolute Gasteiger partial charge is 0.311 e. The minimum absolute atomic E-state index is 0.747. The molecule has 2 aliphatic carbocycles. The molecule has 4 fully saturated rings. The molecule has 2 aliphatic heterocycles. The van der Waals surface area contributed by atoms with Crippen molar-refractivity contribution in [3.8, 4) is 0 Å². The third-order valence-electron chi connectivity index (χ3n) is 6.99. The van der Waals surface area contributed by atoms with Gasteiger partial charge < -0.3 is 5.32 Å². The summed E-state index contributed by atoms with van der Waals surface area (Å²) in [6, 6.07) is 3.49. The maximum Gasteiger partial charge on any atom is 0.0152 e. The van der Waals surface area contributed by atoms with Crippen LogP contribution < -0.4 is 5.32 Å². The number of rotatable bonds is 2. The van der Waals surface area contributed by atoms with E-state index in [9.17, 15) is 0 Å². The van der Waals surface area contributed by atoms with E-state index in [4.69, 9.17) is 0 Å². The lowest BCUT2D eigenvalue weighted by molar-refractivity contribution is -0.0653. The van der Waals surface area contributed by atoms with Gasteiger partial charge >= 0.3 is 0 Å². The Labute approximate surface area is 118 Å². The molecule has 108 valence electrons. The molecule has 2 nitrogen and oxygen atoms in total. The van der Waals surface area contributed by atoms with Crippen LogP contribution in [0.5, 0.6) is 0 Å². The molecule has 1 spiro atoms. The molecule has 4 aliphatic rings. The van der Waals surface area contributed by atoms with Gasteiger partial charge in [-0.05, 0) is 63.8 Å². The molecule has 19 heavy (non-hydrogen) atoms. The summed E-state index contributed by atoms with van der Waals surface area (Å²) in [4.78, 5) is 2.83. The van der Waals surface area contributed by atoms with Gasteiger partial charge in [0.25, 0.3) is 0 Å². The van der Waals surface area contributed by atoms with E-state index in [1.54, 1.807) is 0 Å². The molecule has 0 aromatic heterocycles. The number of hydrogen-bond acceptors (Lipinski definition) is 2. The van der Waals surface area contributed by atoms with Crippen molar-refractivity contribution in [2.45, 2.75) is 94.8 Å². The molecule has 0 aromatic rings. The highest BCUT2D eigenvalue weighted by molar-refractivity contribution is 5.05. The molecule has 3 atom stereocenters. The van der Waals surface area contributed by atoms with E-state index in [1.807, 2.05) is 0 Å². The summed E-state index contributed by atoms with van der Waals surface area (Å²) >= 11 is 0. The molecule has 0 radical (unpaired) electrons. The Bertz CT molecular complexity index is 322. The lowest BCUT2D eigenvalue weighted by Gasteiger charge is -2.58. The molecule has 4 rings (SSSR count). The zero-order valence-electron chi connectivity index (χ0n) is 12.5. The zero-order chi connectivity index (χ0) is 12.9. The Hall–Kier alpha value is -0.0800.